The molecule has 0 fully saturated rings. The summed E-state index contributed by atoms with van der Waals surface area (Å²) in [6.07, 6.45) is 0.644. The number of nitrogens with one attached hydrogen (secondary N) is 1. The van der Waals surface area contributed by atoms with Gasteiger partial charge >= 0.3 is 0 Å². The molecule has 5 nitrogen and oxygen atoms in total. The van der Waals surface area contributed by atoms with Gasteiger partial charge in [0.05, 0.1) is 15.7 Å². The summed E-state index contributed by atoms with van der Waals surface area (Å²) in [6.45, 7) is 3.62. The van der Waals surface area contributed by atoms with Gasteiger partial charge in [-0.25, -0.2) is 8.42 Å². The molecule has 2 rings (SSSR count). The van der Waals surface area contributed by atoms with Crippen LogP contribution in [0.1, 0.15) is 29.8 Å². The van der Waals surface area contributed by atoms with Gasteiger partial charge in [-0.1, -0.05) is 24.3 Å². The highest BCUT2D eigenvalue weighted by atomic mass is 32.2. The standard InChI is InChI=1S/C18H22N2O3S/c1-13(2)24(22,23)17-6-4-3-5-16(17)18(21)20-12-11-14-7-9-15(19)10-8-14/h3-10,13H,11-12,19H2,1-2H3,(H,20,21). The van der Waals surface area contributed by atoms with Crippen molar-refractivity contribution in [2.45, 2.75) is 30.4 Å². The second-order valence-electron chi connectivity index (χ2n) is 5.84. The van der Waals surface area contributed by atoms with Crippen LogP contribution in [0.25, 0.3) is 0 Å². The Bertz CT molecular complexity index is 812. The van der Waals surface area contributed by atoms with Crippen LogP contribution in [-0.2, 0) is 16.3 Å². The zero-order valence-corrected chi connectivity index (χ0v) is 14.6. The fourth-order valence-corrected chi connectivity index (χ4v) is 3.50. The maximum Gasteiger partial charge on any atom is 0.252 e. The molecule has 0 heterocycles. The van der Waals surface area contributed by atoms with E-state index in [1.807, 2.05) is 24.3 Å². The molecule has 0 atom stereocenters. The van der Waals surface area contributed by atoms with Crippen molar-refractivity contribution < 1.29 is 13.2 Å². The Kier molecular flexibility index (Phi) is 5.62. The Labute approximate surface area is 142 Å². The molecule has 24 heavy (non-hydrogen) atoms. The van der Waals surface area contributed by atoms with Gasteiger partial charge in [0, 0.05) is 12.2 Å². The van der Waals surface area contributed by atoms with E-state index >= 15 is 0 Å². The number of benzene rings is 2. The average Bonchev–Trinajstić information content (AvgIpc) is 2.56. The number of anilines is 1. The lowest BCUT2D eigenvalue weighted by molar-refractivity contribution is 0.0951. The van der Waals surface area contributed by atoms with Crippen LogP contribution in [0.15, 0.2) is 53.4 Å². The first-order valence-electron chi connectivity index (χ1n) is 7.78. The van der Waals surface area contributed by atoms with E-state index in [0.29, 0.717) is 18.7 Å². The molecule has 1 amide bonds. The van der Waals surface area contributed by atoms with Crippen molar-refractivity contribution in [3.8, 4) is 0 Å². The van der Waals surface area contributed by atoms with E-state index in [1.54, 1.807) is 26.0 Å². The highest BCUT2D eigenvalue weighted by Gasteiger charge is 2.24. The lowest BCUT2D eigenvalue weighted by Crippen LogP contribution is -2.28. The second kappa shape index (κ2) is 7.49. The molecule has 0 aliphatic heterocycles. The van der Waals surface area contributed by atoms with Crippen molar-refractivity contribution in [2.24, 2.45) is 0 Å². The molecule has 2 aromatic carbocycles. The summed E-state index contributed by atoms with van der Waals surface area (Å²) in [5.41, 5.74) is 7.56. The van der Waals surface area contributed by atoms with Crippen molar-refractivity contribution in [1.82, 2.24) is 5.32 Å². The number of sulfone groups is 1. The lowest BCUT2D eigenvalue weighted by atomic mass is 10.1. The zero-order chi connectivity index (χ0) is 17.7. The molecule has 0 unspecified atom stereocenters. The zero-order valence-electron chi connectivity index (χ0n) is 13.8. The Morgan fingerprint density at radius 1 is 1.08 bits per heavy atom. The van der Waals surface area contributed by atoms with Gasteiger partial charge in [-0.15, -0.1) is 0 Å². The minimum atomic E-state index is -3.51. The Hall–Kier alpha value is -2.34. The summed E-state index contributed by atoms with van der Waals surface area (Å²) < 4.78 is 24.8. The lowest BCUT2D eigenvalue weighted by Gasteiger charge is -2.13. The molecule has 0 saturated heterocycles. The van der Waals surface area contributed by atoms with E-state index < -0.39 is 15.1 Å². The minimum absolute atomic E-state index is 0.0741. The third-order valence-corrected chi connectivity index (χ3v) is 5.95. The summed E-state index contributed by atoms with van der Waals surface area (Å²) in [7, 11) is -3.51. The van der Waals surface area contributed by atoms with Crippen LogP contribution in [0.5, 0.6) is 0 Å². The van der Waals surface area contributed by atoms with Gasteiger partial charge in [0.15, 0.2) is 9.84 Å². The first-order chi connectivity index (χ1) is 11.3. The molecule has 0 aromatic heterocycles. The maximum absolute atomic E-state index is 12.4. The van der Waals surface area contributed by atoms with Gasteiger partial charge in [0.1, 0.15) is 0 Å². The van der Waals surface area contributed by atoms with E-state index in [1.165, 1.54) is 12.1 Å². The molecule has 0 radical (unpaired) electrons. The Morgan fingerprint density at radius 3 is 2.33 bits per heavy atom. The number of carbonyl (C=O) groups excluding carboxylic acids is 1. The summed E-state index contributed by atoms with van der Waals surface area (Å²) in [6, 6.07) is 13.7. The molecule has 2 aromatic rings. The topological polar surface area (TPSA) is 89.3 Å². The predicted molar refractivity (Wildman–Crippen MR) is 95.7 cm³/mol. The fourth-order valence-electron chi connectivity index (χ4n) is 2.26. The smallest absolute Gasteiger partial charge is 0.252 e. The molecule has 6 heteroatoms. The Morgan fingerprint density at radius 2 is 1.71 bits per heavy atom. The third-order valence-electron chi connectivity index (χ3n) is 3.74. The molecule has 0 bridgehead atoms. The van der Waals surface area contributed by atoms with Crippen molar-refractivity contribution in [3.63, 3.8) is 0 Å². The van der Waals surface area contributed by atoms with Crippen LogP contribution in [0.2, 0.25) is 0 Å². The summed E-state index contributed by atoms with van der Waals surface area (Å²) >= 11 is 0. The van der Waals surface area contributed by atoms with Gasteiger partial charge in [0.25, 0.3) is 5.91 Å². The van der Waals surface area contributed by atoms with Crippen molar-refractivity contribution in [3.05, 3.63) is 59.7 Å². The van der Waals surface area contributed by atoms with Gasteiger partial charge < -0.3 is 11.1 Å². The summed E-state index contributed by atoms with van der Waals surface area (Å²) in [4.78, 5) is 12.5. The van der Waals surface area contributed by atoms with Gasteiger partial charge in [-0.05, 0) is 50.1 Å². The Balaban J connectivity index is 2.09. The first kappa shape index (κ1) is 18.0. The van der Waals surface area contributed by atoms with Crippen LogP contribution in [0.3, 0.4) is 0 Å². The van der Waals surface area contributed by atoms with Gasteiger partial charge in [-0.3, -0.25) is 4.79 Å². The SMILES string of the molecule is CC(C)S(=O)(=O)c1ccccc1C(=O)NCCc1ccc(N)cc1. The van der Waals surface area contributed by atoms with Crippen molar-refractivity contribution in [1.29, 1.82) is 0 Å². The molecule has 3 N–H and O–H groups in total. The molecule has 0 aliphatic carbocycles. The quantitative estimate of drug-likeness (QED) is 0.786. The minimum Gasteiger partial charge on any atom is -0.399 e. The molecular weight excluding hydrogens is 324 g/mol. The number of hydrogen-bond acceptors (Lipinski definition) is 4. The number of carbonyl (C=O) groups is 1. The fraction of sp³-hybridized carbons (Fsp3) is 0.278. The second-order valence-corrected chi connectivity index (χ2v) is 8.31. The number of nitrogen functional groups attached to an aromatic ring is 1. The maximum atomic E-state index is 12.4. The number of nitrogens with two attached hydrogens (primary N) is 1. The first-order valence-corrected chi connectivity index (χ1v) is 9.32. The summed E-state index contributed by atoms with van der Waals surface area (Å²) in [5, 5.41) is 2.20. The van der Waals surface area contributed by atoms with E-state index in [9.17, 15) is 13.2 Å². The molecular formula is C18H22N2O3S. The van der Waals surface area contributed by atoms with Crippen molar-refractivity contribution in [2.75, 3.05) is 12.3 Å². The van der Waals surface area contributed by atoms with Gasteiger partial charge in [0.2, 0.25) is 0 Å². The van der Waals surface area contributed by atoms with Gasteiger partial charge in [-0.2, -0.15) is 0 Å². The average molecular weight is 346 g/mol. The van der Waals surface area contributed by atoms with Crippen LogP contribution >= 0.6 is 0 Å². The predicted octanol–water partition coefficient (Wildman–Crippen LogP) is 2.42. The van der Waals surface area contributed by atoms with E-state index in [-0.39, 0.29) is 16.4 Å². The van der Waals surface area contributed by atoms with Crippen LogP contribution in [0.4, 0.5) is 5.69 Å². The molecule has 0 aliphatic rings. The number of hydrogen-bond donors (Lipinski definition) is 2. The van der Waals surface area contributed by atoms with Crippen LogP contribution in [0, 0.1) is 0 Å². The highest BCUT2D eigenvalue weighted by Crippen LogP contribution is 2.20. The van der Waals surface area contributed by atoms with Crippen molar-refractivity contribution >= 4 is 21.4 Å². The third kappa shape index (κ3) is 4.14. The van der Waals surface area contributed by atoms with Crippen LogP contribution in [-0.4, -0.2) is 26.1 Å². The number of rotatable bonds is 6. The van der Waals surface area contributed by atoms with E-state index in [0.717, 1.165) is 5.56 Å². The molecule has 128 valence electrons. The van der Waals surface area contributed by atoms with E-state index in [2.05, 4.69) is 5.32 Å². The molecule has 0 saturated carbocycles. The largest absolute Gasteiger partial charge is 0.399 e. The summed E-state index contributed by atoms with van der Waals surface area (Å²) in [5.74, 6) is -0.384. The normalized spacial score (nSPS) is 11.5. The van der Waals surface area contributed by atoms with E-state index in [4.69, 9.17) is 5.73 Å². The molecule has 0 spiro atoms. The van der Waals surface area contributed by atoms with Crippen LogP contribution < -0.4 is 11.1 Å². The monoisotopic (exact) mass is 346 g/mol. The highest BCUT2D eigenvalue weighted by molar-refractivity contribution is 7.92. The number of amides is 1.